The van der Waals surface area contributed by atoms with Crippen molar-refractivity contribution in [3.63, 3.8) is 0 Å². The lowest BCUT2D eigenvalue weighted by Gasteiger charge is -2.23. The average molecular weight is 229 g/mol. The van der Waals surface area contributed by atoms with Gasteiger partial charge in [-0.05, 0) is 18.8 Å². The minimum Gasteiger partial charge on any atom is -0.394 e. The predicted molar refractivity (Wildman–Crippen MR) is 67.2 cm³/mol. The van der Waals surface area contributed by atoms with Crippen LogP contribution in [0.3, 0.4) is 0 Å². The van der Waals surface area contributed by atoms with Crippen molar-refractivity contribution >= 4 is 5.91 Å². The summed E-state index contributed by atoms with van der Waals surface area (Å²) < 4.78 is 0. The van der Waals surface area contributed by atoms with Gasteiger partial charge >= 0.3 is 0 Å². The highest BCUT2D eigenvalue weighted by molar-refractivity contribution is 5.78. The van der Waals surface area contributed by atoms with Crippen molar-refractivity contribution in [1.29, 1.82) is 0 Å². The summed E-state index contributed by atoms with van der Waals surface area (Å²) in [4.78, 5) is 12.0. The van der Waals surface area contributed by atoms with Gasteiger partial charge in [0.15, 0.2) is 0 Å². The molecule has 0 aliphatic rings. The number of rotatable bonds is 8. The van der Waals surface area contributed by atoms with Crippen LogP contribution in [-0.4, -0.2) is 23.7 Å². The molecule has 1 atom stereocenters. The van der Waals surface area contributed by atoms with Crippen LogP contribution in [0.5, 0.6) is 0 Å². The second-order valence-corrected chi connectivity index (χ2v) is 4.82. The lowest BCUT2D eigenvalue weighted by molar-refractivity contribution is -0.126. The number of amides is 1. The van der Waals surface area contributed by atoms with Crippen molar-refractivity contribution in [3.05, 3.63) is 0 Å². The third kappa shape index (κ3) is 5.50. The van der Waals surface area contributed by atoms with Crippen LogP contribution >= 0.6 is 0 Å². The zero-order valence-electron chi connectivity index (χ0n) is 11.1. The summed E-state index contributed by atoms with van der Waals surface area (Å²) in [6, 6.07) is -0.108. The van der Waals surface area contributed by atoms with Gasteiger partial charge in [0.2, 0.25) is 5.91 Å². The molecule has 0 saturated heterocycles. The van der Waals surface area contributed by atoms with Gasteiger partial charge in [-0.1, -0.05) is 40.5 Å². The molecule has 0 aromatic carbocycles. The van der Waals surface area contributed by atoms with Crippen molar-refractivity contribution in [1.82, 2.24) is 5.32 Å². The minimum atomic E-state index is -0.108. The summed E-state index contributed by atoms with van der Waals surface area (Å²) in [7, 11) is 0. The average Bonchev–Trinajstić information content (AvgIpc) is 2.24. The number of nitrogens with one attached hydrogen (secondary N) is 1. The number of aliphatic hydroxyl groups is 1. The standard InChI is InChI=1S/C13H27NO2/c1-5-7-11(8-6-2)13(16)14-12(9-15)10(3)4/h10-12,15H,5-9H2,1-4H3,(H,14,16)/t12-/m1/s1. The SMILES string of the molecule is CCCC(CCC)C(=O)N[C@H](CO)C(C)C. The minimum absolute atomic E-state index is 0.0222. The van der Waals surface area contributed by atoms with Crippen LogP contribution in [0.15, 0.2) is 0 Å². The molecular formula is C13H27NO2. The van der Waals surface area contributed by atoms with E-state index >= 15 is 0 Å². The maximum atomic E-state index is 12.0. The summed E-state index contributed by atoms with van der Waals surface area (Å²) in [6.45, 7) is 8.24. The molecule has 0 rings (SSSR count). The van der Waals surface area contributed by atoms with Gasteiger partial charge in [-0.2, -0.15) is 0 Å². The summed E-state index contributed by atoms with van der Waals surface area (Å²) in [5.74, 6) is 0.497. The molecule has 0 aromatic rings. The van der Waals surface area contributed by atoms with E-state index in [0.717, 1.165) is 25.7 Å². The highest BCUT2D eigenvalue weighted by Crippen LogP contribution is 2.14. The topological polar surface area (TPSA) is 49.3 Å². The molecule has 16 heavy (non-hydrogen) atoms. The summed E-state index contributed by atoms with van der Waals surface area (Å²) in [6.07, 6.45) is 3.94. The van der Waals surface area contributed by atoms with E-state index in [-0.39, 0.29) is 30.4 Å². The van der Waals surface area contributed by atoms with E-state index in [2.05, 4.69) is 19.2 Å². The molecule has 1 amide bonds. The smallest absolute Gasteiger partial charge is 0.223 e. The quantitative estimate of drug-likeness (QED) is 0.671. The first-order valence-corrected chi connectivity index (χ1v) is 6.47. The van der Waals surface area contributed by atoms with Gasteiger partial charge in [0.05, 0.1) is 12.6 Å². The van der Waals surface area contributed by atoms with Crippen LogP contribution in [0.2, 0.25) is 0 Å². The van der Waals surface area contributed by atoms with Gasteiger partial charge in [0.25, 0.3) is 0 Å². The molecule has 0 bridgehead atoms. The van der Waals surface area contributed by atoms with Gasteiger partial charge in [-0.3, -0.25) is 4.79 Å². The molecular weight excluding hydrogens is 202 g/mol. The Kier molecular flexibility index (Phi) is 8.26. The van der Waals surface area contributed by atoms with Crippen LogP contribution in [0.25, 0.3) is 0 Å². The molecule has 0 radical (unpaired) electrons. The molecule has 0 aliphatic heterocycles. The third-order valence-corrected chi connectivity index (χ3v) is 2.97. The maximum absolute atomic E-state index is 12.0. The Morgan fingerprint density at radius 3 is 2.00 bits per heavy atom. The Morgan fingerprint density at radius 2 is 1.69 bits per heavy atom. The largest absolute Gasteiger partial charge is 0.394 e. The fraction of sp³-hybridized carbons (Fsp3) is 0.923. The maximum Gasteiger partial charge on any atom is 0.223 e. The van der Waals surface area contributed by atoms with Gasteiger partial charge in [-0.15, -0.1) is 0 Å². The number of hydrogen-bond acceptors (Lipinski definition) is 2. The third-order valence-electron chi connectivity index (χ3n) is 2.97. The molecule has 0 aromatic heterocycles. The van der Waals surface area contributed by atoms with Crippen molar-refractivity contribution in [2.75, 3.05) is 6.61 Å². The second kappa shape index (κ2) is 8.57. The van der Waals surface area contributed by atoms with Crippen molar-refractivity contribution in [2.45, 2.75) is 59.4 Å². The van der Waals surface area contributed by atoms with Crippen molar-refractivity contribution in [2.24, 2.45) is 11.8 Å². The normalized spacial score (nSPS) is 13.2. The van der Waals surface area contributed by atoms with E-state index in [1.54, 1.807) is 0 Å². The molecule has 0 aliphatic carbocycles. The number of aliphatic hydroxyl groups excluding tert-OH is 1. The lowest BCUT2D eigenvalue weighted by atomic mass is 9.96. The molecule has 0 heterocycles. The Hall–Kier alpha value is -0.570. The summed E-state index contributed by atoms with van der Waals surface area (Å²) in [5, 5.41) is 12.1. The fourth-order valence-corrected chi connectivity index (χ4v) is 1.83. The van der Waals surface area contributed by atoms with Crippen LogP contribution in [-0.2, 0) is 4.79 Å². The zero-order valence-corrected chi connectivity index (χ0v) is 11.1. The zero-order chi connectivity index (χ0) is 12.6. The van der Waals surface area contributed by atoms with E-state index in [1.165, 1.54) is 0 Å². The predicted octanol–water partition coefficient (Wildman–Crippen LogP) is 2.34. The molecule has 0 saturated carbocycles. The molecule has 0 spiro atoms. The number of carbonyl (C=O) groups is 1. The van der Waals surface area contributed by atoms with Gasteiger partial charge < -0.3 is 10.4 Å². The Bertz CT molecular complexity index is 186. The first-order chi connectivity index (χ1) is 7.56. The first kappa shape index (κ1) is 15.4. The fourth-order valence-electron chi connectivity index (χ4n) is 1.83. The summed E-state index contributed by atoms with van der Waals surface area (Å²) >= 11 is 0. The van der Waals surface area contributed by atoms with E-state index in [0.29, 0.717) is 0 Å². The lowest BCUT2D eigenvalue weighted by Crippen LogP contribution is -2.44. The van der Waals surface area contributed by atoms with Gasteiger partial charge in [-0.25, -0.2) is 0 Å². The molecule has 3 nitrogen and oxygen atoms in total. The van der Waals surface area contributed by atoms with Crippen LogP contribution in [0.4, 0.5) is 0 Å². The highest BCUT2D eigenvalue weighted by atomic mass is 16.3. The molecule has 0 unspecified atom stereocenters. The van der Waals surface area contributed by atoms with E-state index in [4.69, 9.17) is 0 Å². The second-order valence-electron chi connectivity index (χ2n) is 4.82. The van der Waals surface area contributed by atoms with Crippen LogP contribution in [0.1, 0.15) is 53.4 Å². The summed E-state index contributed by atoms with van der Waals surface area (Å²) in [5.41, 5.74) is 0. The monoisotopic (exact) mass is 229 g/mol. The first-order valence-electron chi connectivity index (χ1n) is 6.47. The Morgan fingerprint density at radius 1 is 1.19 bits per heavy atom. The Balaban J connectivity index is 4.26. The van der Waals surface area contributed by atoms with E-state index < -0.39 is 0 Å². The van der Waals surface area contributed by atoms with Crippen molar-refractivity contribution < 1.29 is 9.90 Å². The van der Waals surface area contributed by atoms with Crippen molar-refractivity contribution in [3.8, 4) is 0 Å². The molecule has 2 N–H and O–H groups in total. The van der Waals surface area contributed by atoms with Crippen LogP contribution in [0, 0.1) is 11.8 Å². The number of carbonyl (C=O) groups excluding carboxylic acids is 1. The van der Waals surface area contributed by atoms with Gasteiger partial charge in [0.1, 0.15) is 0 Å². The van der Waals surface area contributed by atoms with E-state index in [1.807, 2.05) is 13.8 Å². The molecule has 96 valence electrons. The molecule has 0 fully saturated rings. The van der Waals surface area contributed by atoms with E-state index in [9.17, 15) is 9.90 Å². The molecule has 3 heteroatoms. The van der Waals surface area contributed by atoms with Gasteiger partial charge in [0, 0.05) is 5.92 Å². The highest BCUT2D eigenvalue weighted by Gasteiger charge is 2.21. The Labute approximate surface area is 99.6 Å². The number of hydrogen-bond donors (Lipinski definition) is 2. The van der Waals surface area contributed by atoms with Crippen LogP contribution < -0.4 is 5.32 Å².